The lowest BCUT2D eigenvalue weighted by Gasteiger charge is -2.14. The first-order chi connectivity index (χ1) is 9.69. The summed E-state index contributed by atoms with van der Waals surface area (Å²) < 4.78 is 5.15. The Hall–Kier alpha value is -1.59. The summed E-state index contributed by atoms with van der Waals surface area (Å²) in [4.78, 5) is 11.8. The number of β-amino-alcohol motifs (C(OH)–C–C–N with tert-alkyl or cyclic N) is 1. The molecule has 0 spiro atoms. The summed E-state index contributed by atoms with van der Waals surface area (Å²) >= 11 is 0. The number of hydrogen-bond acceptors (Lipinski definition) is 4. The van der Waals surface area contributed by atoms with E-state index in [9.17, 15) is 9.90 Å². The Balaban J connectivity index is 1.71. The number of methoxy groups -OCH3 is 1. The van der Waals surface area contributed by atoms with E-state index in [1.165, 1.54) is 0 Å². The van der Waals surface area contributed by atoms with Crippen molar-refractivity contribution in [1.82, 2.24) is 10.6 Å². The summed E-state index contributed by atoms with van der Waals surface area (Å²) in [6.45, 7) is 1.91. The number of rotatable bonds is 6. The molecule has 1 aromatic rings. The highest BCUT2D eigenvalue weighted by molar-refractivity contribution is 5.76. The molecule has 1 heterocycles. The van der Waals surface area contributed by atoms with Gasteiger partial charge >= 0.3 is 0 Å². The summed E-state index contributed by atoms with van der Waals surface area (Å²) in [7, 11) is 1.63. The van der Waals surface area contributed by atoms with E-state index in [2.05, 4.69) is 10.6 Å². The maximum absolute atomic E-state index is 11.8. The molecule has 5 nitrogen and oxygen atoms in total. The topological polar surface area (TPSA) is 70.6 Å². The number of carbonyl (C=O) groups excluding carboxylic acids is 1. The van der Waals surface area contributed by atoms with E-state index in [0.29, 0.717) is 25.9 Å². The Kier molecular flexibility index (Phi) is 5.38. The molecular formula is C15H22N2O3. The van der Waals surface area contributed by atoms with Gasteiger partial charge in [-0.1, -0.05) is 12.1 Å². The van der Waals surface area contributed by atoms with E-state index >= 15 is 0 Å². The van der Waals surface area contributed by atoms with Crippen molar-refractivity contribution in [3.05, 3.63) is 29.8 Å². The van der Waals surface area contributed by atoms with Crippen LogP contribution in [0.1, 0.15) is 12.0 Å². The monoisotopic (exact) mass is 278 g/mol. The van der Waals surface area contributed by atoms with Crippen LogP contribution in [-0.2, 0) is 11.2 Å². The molecule has 1 fully saturated rings. The third-order valence-electron chi connectivity index (χ3n) is 3.64. The molecule has 20 heavy (non-hydrogen) atoms. The van der Waals surface area contributed by atoms with E-state index in [0.717, 1.165) is 17.9 Å². The second kappa shape index (κ2) is 7.26. The predicted octanol–water partition coefficient (Wildman–Crippen LogP) is 0.324. The van der Waals surface area contributed by atoms with Gasteiger partial charge in [0.05, 0.1) is 13.2 Å². The molecule has 110 valence electrons. The fourth-order valence-electron chi connectivity index (χ4n) is 2.35. The molecule has 1 aromatic carbocycles. The van der Waals surface area contributed by atoms with Crippen LogP contribution < -0.4 is 15.4 Å². The molecule has 1 aliphatic rings. The lowest BCUT2D eigenvalue weighted by molar-refractivity contribution is -0.121. The van der Waals surface area contributed by atoms with Crippen LogP contribution in [0.3, 0.4) is 0 Å². The van der Waals surface area contributed by atoms with Gasteiger partial charge in [0.2, 0.25) is 5.91 Å². The summed E-state index contributed by atoms with van der Waals surface area (Å²) in [5, 5.41) is 15.6. The van der Waals surface area contributed by atoms with E-state index in [4.69, 9.17) is 4.74 Å². The minimum absolute atomic E-state index is 0.0203. The van der Waals surface area contributed by atoms with Gasteiger partial charge in [-0.15, -0.1) is 0 Å². The van der Waals surface area contributed by atoms with Crippen LogP contribution >= 0.6 is 0 Å². The number of ether oxygens (including phenoxy) is 1. The van der Waals surface area contributed by atoms with Crippen molar-refractivity contribution in [3.63, 3.8) is 0 Å². The van der Waals surface area contributed by atoms with Crippen molar-refractivity contribution in [3.8, 4) is 5.75 Å². The number of benzene rings is 1. The van der Waals surface area contributed by atoms with Crippen LogP contribution in [0.25, 0.3) is 0 Å². The molecule has 1 saturated heterocycles. The minimum Gasteiger partial charge on any atom is -0.497 e. The molecule has 2 unspecified atom stereocenters. The Bertz CT molecular complexity index is 450. The smallest absolute Gasteiger partial charge is 0.220 e. The number of aliphatic hydroxyl groups excluding tert-OH is 1. The van der Waals surface area contributed by atoms with Gasteiger partial charge in [-0.3, -0.25) is 4.79 Å². The molecule has 0 aliphatic carbocycles. The third kappa shape index (κ3) is 4.21. The van der Waals surface area contributed by atoms with Crippen molar-refractivity contribution in [1.29, 1.82) is 0 Å². The van der Waals surface area contributed by atoms with Crippen molar-refractivity contribution in [2.24, 2.45) is 5.92 Å². The highest BCUT2D eigenvalue weighted by Crippen LogP contribution is 2.14. The van der Waals surface area contributed by atoms with Crippen LogP contribution in [0.4, 0.5) is 0 Å². The van der Waals surface area contributed by atoms with Gasteiger partial charge in [0.1, 0.15) is 5.75 Å². The molecule has 0 aromatic heterocycles. The molecule has 1 aliphatic heterocycles. The van der Waals surface area contributed by atoms with Gasteiger partial charge in [0.15, 0.2) is 0 Å². The number of aryl methyl sites for hydroxylation is 1. The highest BCUT2D eigenvalue weighted by Gasteiger charge is 2.24. The summed E-state index contributed by atoms with van der Waals surface area (Å²) in [5.74, 6) is 0.950. The van der Waals surface area contributed by atoms with Gasteiger partial charge < -0.3 is 20.5 Å². The second-order valence-corrected chi connectivity index (χ2v) is 5.14. The number of aliphatic hydroxyl groups is 1. The molecule has 5 heteroatoms. The summed E-state index contributed by atoms with van der Waals surface area (Å²) in [5.41, 5.74) is 1.09. The molecule has 2 rings (SSSR count). The van der Waals surface area contributed by atoms with Crippen molar-refractivity contribution in [2.45, 2.75) is 18.9 Å². The zero-order valence-electron chi connectivity index (χ0n) is 11.8. The highest BCUT2D eigenvalue weighted by atomic mass is 16.5. The second-order valence-electron chi connectivity index (χ2n) is 5.14. The number of nitrogens with one attached hydrogen (secondary N) is 2. The largest absolute Gasteiger partial charge is 0.497 e. The van der Waals surface area contributed by atoms with Gasteiger partial charge in [-0.2, -0.15) is 0 Å². The molecule has 0 saturated carbocycles. The number of amides is 1. The van der Waals surface area contributed by atoms with Crippen molar-refractivity contribution < 1.29 is 14.6 Å². The molecule has 2 atom stereocenters. The fourth-order valence-corrected chi connectivity index (χ4v) is 2.35. The zero-order chi connectivity index (χ0) is 14.4. The maximum Gasteiger partial charge on any atom is 0.220 e. The van der Waals surface area contributed by atoms with Crippen LogP contribution in [0.5, 0.6) is 5.75 Å². The lowest BCUT2D eigenvalue weighted by Crippen LogP contribution is -2.34. The first-order valence-corrected chi connectivity index (χ1v) is 6.97. The molecule has 0 bridgehead atoms. The summed E-state index contributed by atoms with van der Waals surface area (Å²) in [6, 6.07) is 7.74. The zero-order valence-corrected chi connectivity index (χ0v) is 11.8. The standard InChI is InChI=1S/C15H22N2O3/c1-20-13-4-2-3-11(7-13)5-6-15(19)17-9-12-8-16-10-14(12)18/h2-4,7,12,14,16,18H,5-6,8-10H2,1H3,(H,17,19). The average molecular weight is 278 g/mol. The molecule has 3 N–H and O–H groups in total. The van der Waals surface area contributed by atoms with E-state index in [1.54, 1.807) is 7.11 Å². The number of hydrogen-bond donors (Lipinski definition) is 3. The van der Waals surface area contributed by atoms with E-state index < -0.39 is 0 Å². The van der Waals surface area contributed by atoms with Crippen LogP contribution in [-0.4, -0.2) is 43.9 Å². The van der Waals surface area contributed by atoms with E-state index in [1.807, 2.05) is 24.3 Å². The lowest BCUT2D eigenvalue weighted by atomic mass is 10.1. The average Bonchev–Trinajstić information content (AvgIpc) is 2.88. The first-order valence-electron chi connectivity index (χ1n) is 6.97. The van der Waals surface area contributed by atoms with E-state index in [-0.39, 0.29) is 17.9 Å². The SMILES string of the molecule is COc1cccc(CCC(=O)NCC2CNCC2O)c1. The van der Waals surface area contributed by atoms with Crippen LogP contribution in [0, 0.1) is 5.92 Å². The first kappa shape index (κ1) is 14.8. The summed E-state index contributed by atoms with van der Waals surface area (Å²) in [6.07, 6.45) is 0.784. The third-order valence-corrected chi connectivity index (χ3v) is 3.64. The van der Waals surface area contributed by atoms with Gasteiger partial charge in [-0.05, 0) is 24.1 Å². The normalized spacial score (nSPS) is 21.7. The Morgan fingerprint density at radius 1 is 1.50 bits per heavy atom. The Labute approximate surface area is 119 Å². The van der Waals surface area contributed by atoms with Crippen molar-refractivity contribution >= 4 is 5.91 Å². The molecule has 1 amide bonds. The quantitative estimate of drug-likeness (QED) is 0.701. The van der Waals surface area contributed by atoms with Gasteiger partial charge in [0.25, 0.3) is 0 Å². The maximum atomic E-state index is 11.8. The Morgan fingerprint density at radius 3 is 3.05 bits per heavy atom. The van der Waals surface area contributed by atoms with Gasteiger partial charge in [0, 0.05) is 32.0 Å². The van der Waals surface area contributed by atoms with Crippen LogP contribution in [0.15, 0.2) is 24.3 Å². The van der Waals surface area contributed by atoms with Crippen molar-refractivity contribution in [2.75, 3.05) is 26.7 Å². The fraction of sp³-hybridized carbons (Fsp3) is 0.533. The van der Waals surface area contributed by atoms with Crippen LogP contribution in [0.2, 0.25) is 0 Å². The Morgan fingerprint density at radius 2 is 2.35 bits per heavy atom. The molecule has 0 radical (unpaired) electrons. The predicted molar refractivity (Wildman–Crippen MR) is 76.7 cm³/mol. The molecular weight excluding hydrogens is 256 g/mol. The minimum atomic E-state index is -0.353. The number of carbonyl (C=O) groups is 1. The van der Waals surface area contributed by atoms with Gasteiger partial charge in [-0.25, -0.2) is 0 Å².